The molecule has 1 saturated heterocycles. The van der Waals surface area contributed by atoms with Crippen LogP contribution in [0.1, 0.15) is 23.2 Å². The van der Waals surface area contributed by atoms with Gasteiger partial charge in [-0.15, -0.1) is 13.2 Å². The second kappa shape index (κ2) is 10.6. The van der Waals surface area contributed by atoms with Crippen LogP contribution in [0.2, 0.25) is 10.0 Å². The highest BCUT2D eigenvalue weighted by Crippen LogP contribution is 2.31. The molecule has 1 fully saturated rings. The Labute approximate surface area is 224 Å². The number of halogens is 5. The average molecular weight is 594 g/mol. The van der Waals surface area contributed by atoms with Gasteiger partial charge < -0.3 is 20.1 Å². The van der Waals surface area contributed by atoms with E-state index in [-0.39, 0.29) is 51.4 Å². The van der Waals surface area contributed by atoms with E-state index in [1.165, 1.54) is 22.5 Å². The molecule has 1 aromatic heterocycles. The molecule has 2 aromatic carbocycles. The van der Waals surface area contributed by atoms with E-state index in [1.807, 2.05) is 0 Å². The van der Waals surface area contributed by atoms with Gasteiger partial charge in [0, 0.05) is 30.5 Å². The number of carbonyl (C=O) groups is 1. The van der Waals surface area contributed by atoms with E-state index >= 15 is 0 Å². The fourth-order valence-electron chi connectivity index (χ4n) is 4.15. The van der Waals surface area contributed by atoms with E-state index in [0.29, 0.717) is 12.8 Å². The molecule has 15 heteroatoms. The summed E-state index contributed by atoms with van der Waals surface area (Å²) < 4.78 is 69.0. The fraction of sp³-hybridized carbons (Fsp3) is 0.304. The van der Waals surface area contributed by atoms with Crippen molar-refractivity contribution in [3.8, 4) is 11.5 Å². The first-order valence-electron chi connectivity index (χ1n) is 11.1. The molecule has 38 heavy (non-hydrogen) atoms. The molecule has 0 saturated carbocycles. The number of H-pyrrole nitrogens is 1. The van der Waals surface area contributed by atoms with Crippen molar-refractivity contribution < 1.29 is 36.2 Å². The first-order valence-corrected chi connectivity index (χ1v) is 13.3. The topological polar surface area (TPSA) is 129 Å². The number of pyridine rings is 1. The zero-order chi connectivity index (χ0) is 27.8. The third-order valence-electron chi connectivity index (χ3n) is 6.07. The first-order chi connectivity index (χ1) is 17.8. The third-order valence-corrected chi connectivity index (χ3v) is 8.71. The number of benzene rings is 2. The normalized spacial score (nSPS) is 15.5. The largest absolute Gasteiger partial charge is 0.573 e. The van der Waals surface area contributed by atoms with Gasteiger partial charge in [-0.3, -0.25) is 9.59 Å². The van der Waals surface area contributed by atoms with Crippen LogP contribution in [-0.4, -0.2) is 54.7 Å². The first kappa shape index (κ1) is 28.0. The minimum atomic E-state index is -4.98. The lowest BCUT2D eigenvalue weighted by Crippen LogP contribution is -2.41. The minimum Gasteiger partial charge on any atom is -0.502 e. The van der Waals surface area contributed by atoms with Crippen LogP contribution in [0, 0.1) is 5.92 Å². The van der Waals surface area contributed by atoms with E-state index in [9.17, 15) is 36.3 Å². The van der Waals surface area contributed by atoms with Gasteiger partial charge in [-0.05, 0) is 55.2 Å². The number of amides is 1. The Bertz CT molecular complexity index is 1550. The number of rotatable bonds is 6. The van der Waals surface area contributed by atoms with Gasteiger partial charge in [0.05, 0.1) is 20.5 Å². The van der Waals surface area contributed by atoms with E-state index in [1.54, 1.807) is 0 Å². The highest BCUT2D eigenvalue weighted by atomic mass is 35.5. The summed E-state index contributed by atoms with van der Waals surface area (Å²) in [6, 6.07) is 7.00. The monoisotopic (exact) mass is 593 g/mol. The second-order valence-corrected chi connectivity index (χ2v) is 11.3. The van der Waals surface area contributed by atoms with Crippen LogP contribution in [0.3, 0.4) is 0 Å². The summed E-state index contributed by atoms with van der Waals surface area (Å²) in [5, 5.41) is 13.0. The molecular weight excluding hydrogens is 574 g/mol. The summed E-state index contributed by atoms with van der Waals surface area (Å²) in [4.78, 5) is 27.3. The number of nitrogens with one attached hydrogen (secondary N) is 2. The Morgan fingerprint density at radius 1 is 1.13 bits per heavy atom. The maximum atomic E-state index is 12.9. The number of aromatic hydroxyl groups is 1. The van der Waals surface area contributed by atoms with Gasteiger partial charge in [-0.1, -0.05) is 23.2 Å². The second-order valence-electron chi connectivity index (χ2n) is 8.57. The predicted molar refractivity (Wildman–Crippen MR) is 133 cm³/mol. The Hall–Kier alpha value is -3.00. The van der Waals surface area contributed by atoms with Crippen LogP contribution in [0.5, 0.6) is 11.5 Å². The van der Waals surface area contributed by atoms with Crippen molar-refractivity contribution >= 4 is 50.0 Å². The number of alkyl halides is 3. The highest BCUT2D eigenvalue weighted by Gasteiger charge is 2.32. The summed E-state index contributed by atoms with van der Waals surface area (Å²) in [5.74, 6) is -2.62. The molecule has 4 rings (SSSR count). The molecule has 3 aromatic rings. The number of carbonyl (C=O) groups excluding carboxylic acids is 1. The molecule has 0 spiro atoms. The summed E-state index contributed by atoms with van der Waals surface area (Å²) in [7, 11) is -3.81. The molecule has 2 heterocycles. The molecule has 1 aliphatic heterocycles. The van der Waals surface area contributed by atoms with Gasteiger partial charge in [0.25, 0.3) is 11.5 Å². The summed E-state index contributed by atoms with van der Waals surface area (Å²) in [5.41, 5.74) is -1.47. The van der Waals surface area contributed by atoms with Crippen molar-refractivity contribution in [2.24, 2.45) is 5.92 Å². The van der Waals surface area contributed by atoms with Gasteiger partial charge >= 0.3 is 6.36 Å². The van der Waals surface area contributed by atoms with Crippen LogP contribution in [0.4, 0.5) is 13.2 Å². The Morgan fingerprint density at radius 2 is 1.82 bits per heavy atom. The molecule has 0 aliphatic carbocycles. The van der Waals surface area contributed by atoms with Crippen molar-refractivity contribution in [3.63, 3.8) is 0 Å². The Balaban J connectivity index is 1.45. The van der Waals surface area contributed by atoms with Crippen molar-refractivity contribution in [1.29, 1.82) is 0 Å². The smallest absolute Gasteiger partial charge is 0.502 e. The van der Waals surface area contributed by atoms with Gasteiger partial charge in [-0.2, -0.15) is 4.31 Å². The van der Waals surface area contributed by atoms with E-state index < -0.39 is 44.9 Å². The van der Waals surface area contributed by atoms with Crippen LogP contribution in [0.25, 0.3) is 10.9 Å². The van der Waals surface area contributed by atoms with E-state index in [0.717, 1.165) is 18.2 Å². The quantitative estimate of drug-likeness (QED) is 0.391. The fourth-order valence-corrected chi connectivity index (χ4v) is 6.01. The van der Waals surface area contributed by atoms with Crippen LogP contribution >= 0.6 is 23.2 Å². The molecule has 204 valence electrons. The molecule has 1 amide bonds. The summed E-state index contributed by atoms with van der Waals surface area (Å²) in [6.45, 7) is 0.410. The Kier molecular flexibility index (Phi) is 7.84. The minimum absolute atomic E-state index is 0.00387. The standard InChI is InChI=1S/C23H20Cl2F3N3O6S/c24-16-3-2-14(10-17(16)25)38(35,36)31-7-5-12(6-8-31)11-29-21(33)19-15-9-13(37-23(26,27)28)1-4-18(15)30-22(34)20(19)32/h1-4,9-10,12,32H,5-8,11H2,(H,29,33)(H,30,34). The maximum absolute atomic E-state index is 12.9. The van der Waals surface area contributed by atoms with Crippen LogP contribution in [0.15, 0.2) is 46.1 Å². The van der Waals surface area contributed by atoms with Gasteiger partial charge in [0.15, 0.2) is 5.75 Å². The number of sulfonamides is 1. The van der Waals surface area contributed by atoms with E-state index in [2.05, 4.69) is 15.0 Å². The summed E-state index contributed by atoms with van der Waals surface area (Å²) >= 11 is 11.8. The molecule has 0 bridgehead atoms. The molecule has 1 aliphatic rings. The van der Waals surface area contributed by atoms with E-state index in [4.69, 9.17) is 23.2 Å². The molecule has 3 N–H and O–H groups in total. The lowest BCUT2D eigenvalue weighted by atomic mass is 9.98. The van der Waals surface area contributed by atoms with Crippen LogP contribution < -0.4 is 15.6 Å². The molecule has 0 atom stereocenters. The number of aromatic amines is 1. The zero-order valence-electron chi connectivity index (χ0n) is 19.3. The number of hydrogen-bond acceptors (Lipinski definition) is 6. The number of piperidine rings is 1. The molecule has 9 nitrogen and oxygen atoms in total. The SMILES string of the molecule is O=C(NCC1CCN(S(=O)(=O)c2ccc(Cl)c(Cl)c2)CC1)c1c(O)c(=O)[nH]c2ccc(OC(F)(F)F)cc12. The summed E-state index contributed by atoms with van der Waals surface area (Å²) in [6.07, 6.45) is -4.19. The maximum Gasteiger partial charge on any atom is 0.573 e. The highest BCUT2D eigenvalue weighted by molar-refractivity contribution is 7.89. The van der Waals surface area contributed by atoms with Gasteiger partial charge in [-0.25, -0.2) is 8.42 Å². The number of hydrogen-bond donors (Lipinski definition) is 3. The number of fused-ring (bicyclic) bond motifs is 1. The Morgan fingerprint density at radius 3 is 2.45 bits per heavy atom. The van der Waals surface area contributed by atoms with Gasteiger partial charge in [0.2, 0.25) is 10.0 Å². The third kappa shape index (κ3) is 6.01. The van der Waals surface area contributed by atoms with Crippen molar-refractivity contribution in [2.75, 3.05) is 19.6 Å². The predicted octanol–water partition coefficient (Wildman–Crippen LogP) is 4.27. The molecule has 0 radical (unpaired) electrons. The number of ether oxygens (including phenoxy) is 1. The number of nitrogens with zero attached hydrogens (tertiary/aromatic N) is 1. The van der Waals surface area contributed by atoms with Crippen molar-refractivity contribution in [3.05, 3.63) is 62.4 Å². The van der Waals surface area contributed by atoms with Crippen molar-refractivity contribution in [1.82, 2.24) is 14.6 Å². The lowest BCUT2D eigenvalue weighted by Gasteiger charge is -2.31. The lowest BCUT2D eigenvalue weighted by molar-refractivity contribution is -0.274. The zero-order valence-corrected chi connectivity index (χ0v) is 21.6. The van der Waals surface area contributed by atoms with Crippen molar-refractivity contribution in [2.45, 2.75) is 24.1 Å². The molecule has 0 unspecified atom stereocenters. The average Bonchev–Trinajstić information content (AvgIpc) is 2.84. The van der Waals surface area contributed by atoms with Crippen LogP contribution in [-0.2, 0) is 10.0 Å². The number of aromatic nitrogens is 1. The van der Waals surface area contributed by atoms with Gasteiger partial charge in [0.1, 0.15) is 5.75 Å². The molecular formula is C23H20Cl2F3N3O6S.